The third-order valence-corrected chi connectivity index (χ3v) is 3.74. The monoisotopic (exact) mass is 407 g/mol. The Hall–Kier alpha value is -2.94. The van der Waals surface area contributed by atoms with Crippen LogP contribution < -0.4 is 14.9 Å². The lowest BCUT2D eigenvalue weighted by Crippen LogP contribution is -2.17. The van der Waals surface area contributed by atoms with Gasteiger partial charge in [-0.15, -0.1) is 0 Å². The summed E-state index contributed by atoms with van der Waals surface area (Å²) in [4.78, 5) is 22.2. The Balaban J connectivity index is 2.13. The maximum atomic E-state index is 12.0. The highest BCUT2D eigenvalue weighted by Crippen LogP contribution is 2.35. The summed E-state index contributed by atoms with van der Waals surface area (Å²) in [5.74, 6) is 0.489. The summed E-state index contributed by atoms with van der Waals surface area (Å²) in [6.45, 7) is 0. The van der Waals surface area contributed by atoms with Crippen molar-refractivity contribution in [2.45, 2.75) is 0 Å². The molecule has 130 valence electrons. The van der Waals surface area contributed by atoms with Crippen LogP contribution in [0.2, 0.25) is 0 Å². The number of methoxy groups -OCH3 is 2. The van der Waals surface area contributed by atoms with Gasteiger partial charge in [-0.3, -0.25) is 14.9 Å². The lowest BCUT2D eigenvalue weighted by atomic mass is 10.2. The van der Waals surface area contributed by atoms with E-state index in [1.54, 1.807) is 12.1 Å². The summed E-state index contributed by atoms with van der Waals surface area (Å²) >= 11 is 3.36. The lowest BCUT2D eigenvalue weighted by Gasteiger charge is -2.10. The first-order valence-corrected chi connectivity index (χ1v) is 7.75. The van der Waals surface area contributed by atoms with E-state index < -0.39 is 10.8 Å². The molecule has 0 radical (unpaired) electrons. The Morgan fingerprint density at radius 3 is 2.68 bits per heavy atom. The Morgan fingerprint density at radius 1 is 1.28 bits per heavy atom. The number of nitro benzene ring substituents is 1. The van der Waals surface area contributed by atoms with E-state index in [0.717, 1.165) is 0 Å². The fourth-order valence-corrected chi connectivity index (χ4v) is 2.62. The number of nitrogens with one attached hydrogen (secondary N) is 1. The van der Waals surface area contributed by atoms with E-state index in [-0.39, 0.29) is 11.3 Å². The number of nitro groups is 1. The maximum Gasteiger partial charge on any atom is 0.271 e. The fourth-order valence-electron chi connectivity index (χ4n) is 2.00. The zero-order chi connectivity index (χ0) is 18.4. The molecule has 0 aliphatic heterocycles. The molecule has 0 aliphatic rings. The van der Waals surface area contributed by atoms with Crippen LogP contribution in [0, 0.1) is 10.1 Å². The van der Waals surface area contributed by atoms with Crippen molar-refractivity contribution in [1.82, 2.24) is 5.43 Å². The summed E-state index contributed by atoms with van der Waals surface area (Å²) in [7, 11) is 3.03. The summed E-state index contributed by atoms with van der Waals surface area (Å²) in [6.07, 6.45) is 1.42. The van der Waals surface area contributed by atoms with Gasteiger partial charge in [0.1, 0.15) is 0 Å². The molecule has 9 heteroatoms. The highest BCUT2D eigenvalue weighted by molar-refractivity contribution is 9.10. The van der Waals surface area contributed by atoms with Crippen molar-refractivity contribution in [2.24, 2.45) is 5.10 Å². The number of amides is 1. The van der Waals surface area contributed by atoms with Crippen LogP contribution in [-0.2, 0) is 0 Å². The van der Waals surface area contributed by atoms with E-state index in [9.17, 15) is 14.9 Å². The second-order valence-electron chi connectivity index (χ2n) is 4.74. The maximum absolute atomic E-state index is 12.0. The zero-order valence-electron chi connectivity index (χ0n) is 13.4. The van der Waals surface area contributed by atoms with Gasteiger partial charge in [-0.2, -0.15) is 5.10 Å². The predicted molar refractivity (Wildman–Crippen MR) is 95.4 cm³/mol. The summed E-state index contributed by atoms with van der Waals surface area (Å²) in [5.41, 5.74) is 2.95. The number of hydrazone groups is 1. The summed E-state index contributed by atoms with van der Waals surface area (Å²) in [5, 5.41) is 14.6. The first-order valence-electron chi connectivity index (χ1n) is 6.95. The largest absolute Gasteiger partial charge is 0.493 e. The number of ether oxygens (including phenoxy) is 2. The Bertz CT molecular complexity index is 839. The van der Waals surface area contributed by atoms with Crippen molar-refractivity contribution < 1.29 is 19.2 Å². The van der Waals surface area contributed by atoms with E-state index in [2.05, 4.69) is 26.5 Å². The van der Waals surface area contributed by atoms with Gasteiger partial charge in [0, 0.05) is 17.7 Å². The molecule has 0 saturated carbocycles. The molecule has 0 atom stereocenters. The highest BCUT2D eigenvalue weighted by Gasteiger charge is 2.11. The first kappa shape index (κ1) is 18.4. The van der Waals surface area contributed by atoms with Crippen molar-refractivity contribution >= 4 is 33.7 Å². The van der Waals surface area contributed by atoms with Crippen LogP contribution in [0.5, 0.6) is 11.5 Å². The van der Waals surface area contributed by atoms with Gasteiger partial charge in [-0.25, -0.2) is 5.43 Å². The number of hydrogen-bond donors (Lipinski definition) is 1. The van der Waals surface area contributed by atoms with Gasteiger partial charge in [0.25, 0.3) is 11.6 Å². The first-order chi connectivity index (χ1) is 12.0. The SMILES string of the molecule is COc1cc(/C=N\NC(=O)c2cccc([N+](=O)[O-])c2)cc(Br)c1OC. The smallest absolute Gasteiger partial charge is 0.271 e. The highest BCUT2D eigenvalue weighted by atomic mass is 79.9. The van der Waals surface area contributed by atoms with Gasteiger partial charge in [0.15, 0.2) is 11.5 Å². The molecule has 0 fully saturated rings. The van der Waals surface area contributed by atoms with Crippen molar-refractivity contribution in [2.75, 3.05) is 14.2 Å². The van der Waals surface area contributed by atoms with Gasteiger partial charge < -0.3 is 9.47 Å². The number of hydrogen-bond acceptors (Lipinski definition) is 6. The van der Waals surface area contributed by atoms with Gasteiger partial charge in [-0.1, -0.05) is 6.07 Å². The number of halogens is 1. The molecule has 0 unspecified atom stereocenters. The van der Waals surface area contributed by atoms with Crippen LogP contribution in [0.15, 0.2) is 46.0 Å². The van der Waals surface area contributed by atoms with Crippen LogP contribution in [0.4, 0.5) is 5.69 Å². The summed E-state index contributed by atoms with van der Waals surface area (Å²) in [6, 6.07) is 8.81. The molecule has 0 aliphatic carbocycles. The van der Waals surface area contributed by atoms with Crippen LogP contribution in [0.3, 0.4) is 0 Å². The molecule has 2 aromatic carbocycles. The normalized spacial score (nSPS) is 10.5. The standard InChI is InChI=1S/C16H14BrN3O5/c1-24-14-7-10(6-13(17)15(14)25-2)9-18-19-16(21)11-4-3-5-12(8-11)20(22)23/h3-9H,1-2H3,(H,19,21)/b18-9-. The fraction of sp³-hybridized carbons (Fsp3) is 0.125. The molecule has 8 nitrogen and oxygen atoms in total. The minimum absolute atomic E-state index is 0.139. The van der Waals surface area contributed by atoms with Gasteiger partial charge >= 0.3 is 0 Å². The Labute approximate surface area is 151 Å². The second kappa shape index (κ2) is 8.25. The molecular weight excluding hydrogens is 394 g/mol. The van der Waals surface area contributed by atoms with Crippen molar-refractivity contribution in [1.29, 1.82) is 0 Å². The Kier molecular flexibility index (Phi) is 6.07. The molecule has 1 N–H and O–H groups in total. The number of carbonyl (C=O) groups excluding carboxylic acids is 1. The minimum Gasteiger partial charge on any atom is -0.493 e. The molecule has 0 bridgehead atoms. The molecule has 0 aromatic heterocycles. The van der Waals surface area contributed by atoms with Gasteiger partial charge in [0.2, 0.25) is 0 Å². The summed E-state index contributed by atoms with van der Waals surface area (Å²) < 4.78 is 11.1. The number of rotatable bonds is 6. The molecule has 25 heavy (non-hydrogen) atoms. The second-order valence-corrected chi connectivity index (χ2v) is 5.60. The van der Waals surface area contributed by atoms with Gasteiger partial charge in [0.05, 0.1) is 29.8 Å². The van der Waals surface area contributed by atoms with Crippen LogP contribution in [0.1, 0.15) is 15.9 Å². The number of carbonyl (C=O) groups is 1. The van der Waals surface area contributed by atoms with Crippen molar-refractivity contribution in [3.63, 3.8) is 0 Å². The Morgan fingerprint density at radius 2 is 2.04 bits per heavy atom. The van der Waals surface area contributed by atoms with Crippen LogP contribution in [0.25, 0.3) is 0 Å². The zero-order valence-corrected chi connectivity index (χ0v) is 14.9. The average Bonchev–Trinajstić information content (AvgIpc) is 2.61. The van der Waals surface area contributed by atoms with E-state index in [4.69, 9.17) is 9.47 Å². The van der Waals surface area contributed by atoms with Crippen LogP contribution >= 0.6 is 15.9 Å². The number of benzene rings is 2. The van der Waals surface area contributed by atoms with E-state index in [1.165, 1.54) is 44.7 Å². The number of nitrogens with zero attached hydrogens (tertiary/aromatic N) is 2. The van der Waals surface area contributed by atoms with Gasteiger partial charge in [-0.05, 0) is 39.7 Å². The third-order valence-electron chi connectivity index (χ3n) is 3.15. The molecule has 1 amide bonds. The van der Waals surface area contributed by atoms with E-state index in [0.29, 0.717) is 21.5 Å². The molecule has 2 aromatic rings. The van der Waals surface area contributed by atoms with Crippen LogP contribution in [-0.4, -0.2) is 31.3 Å². The van der Waals surface area contributed by atoms with Crippen molar-refractivity contribution in [3.05, 3.63) is 62.1 Å². The molecule has 0 spiro atoms. The minimum atomic E-state index is -0.568. The van der Waals surface area contributed by atoms with E-state index >= 15 is 0 Å². The molecule has 0 saturated heterocycles. The average molecular weight is 408 g/mol. The third kappa shape index (κ3) is 4.54. The molecule has 0 heterocycles. The quantitative estimate of drug-likeness (QED) is 0.450. The molecular formula is C16H14BrN3O5. The van der Waals surface area contributed by atoms with E-state index in [1.807, 2.05) is 0 Å². The topological polar surface area (TPSA) is 103 Å². The lowest BCUT2D eigenvalue weighted by molar-refractivity contribution is -0.384. The molecule has 2 rings (SSSR count). The predicted octanol–water partition coefficient (Wildman–Crippen LogP) is 3.14. The van der Waals surface area contributed by atoms with Crippen molar-refractivity contribution in [3.8, 4) is 11.5 Å². The number of non-ortho nitro benzene ring substituents is 1.